The SMILES string of the molecule is N#Cc1ccc(C2(O)CC3CCCC(C2)S3)c(F)c1. The van der Waals surface area contributed by atoms with Crippen LogP contribution < -0.4 is 0 Å². The molecule has 2 fully saturated rings. The Kier molecular flexibility index (Phi) is 3.28. The fourth-order valence-electron chi connectivity index (χ4n) is 3.30. The zero-order chi connectivity index (χ0) is 13.5. The van der Waals surface area contributed by atoms with Crippen molar-refractivity contribution in [3.05, 3.63) is 35.1 Å². The summed E-state index contributed by atoms with van der Waals surface area (Å²) in [5, 5.41) is 20.5. The number of fused-ring (bicyclic) bond motifs is 2. The number of hydrogen-bond donors (Lipinski definition) is 1. The van der Waals surface area contributed by atoms with Gasteiger partial charge in [-0.1, -0.05) is 12.5 Å². The summed E-state index contributed by atoms with van der Waals surface area (Å²) in [6.07, 6.45) is 4.69. The summed E-state index contributed by atoms with van der Waals surface area (Å²) in [6.45, 7) is 0. The average Bonchev–Trinajstić information content (AvgIpc) is 2.37. The van der Waals surface area contributed by atoms with Crippen LogP contribution in [-0.4, -0.2) is 15.6 Å². The van der Waals surface area contributed by atoms with E-state index in [0.29, 0.717) is 34.5 Å². The van der Waals surface area contributed by atoms with Gasteiger partial charge in [0.05, 0.1) is 17.2 Å². The standard InChI is InChI=1S/C15H16FNOS/c16-14-6-10(9-17)4-5-13(14)15(18)7-11-2-1-3-12(8-15)19-11/h4-6,11-12,18H,1-3,7-8H2. The van der Waals surface area contributed by atoms with Crippen molar-refractivity contribution >= 4 is 11.8 Å². The molecule has 2 atom stereocenters. The van der Waals surface area contributed by atoms with E-state index >= 15 is 0 Å². The maximum atomic E-state index is 14.1. The number of halogens is 1. The summed E-state index contributed by atoms with van der Waals surface area (Å²) in [4.78, 5) is 0. The molecule has 2 aliphatic rings. The number of benzene rings is 1. The number of thioether (sulfide) groups is 1. The van der Waals surface area contributed by atoms with Gasteiger partial charge in [0.1, 0.15) is 5.82 Å². The molecule has 100 valence electrons. The molecule has 1 aromatic carbocycles. The molecule has 0 radical (unpaired) electrons. The molecule has 0 amide bonds. The molecule has 2 saturated heterocycles. The molecule has 0 aliphatic carbocycles. The normalized spacial score (nSPS) is 33.7. The molecule has 0 saturated carbocycles. The highest BCUT2D eigenvalue weighted by atomic mass is 32.2. The van der Waals surface area contributed by atoms with Crippen LogP contribution in [0.5, 0.6) is 0 Å². The van der Waals surface area contributed by atoms with Crippen LogP contribution in [-0.2, 0) is 5.60 Å². The molecule has 4 heteroatoms. The number of rotatable bonds is 1. The molecular weight excluding hydrogens is 261 g/mol. The highest BCUT2D eigenvalue weighted by Gasteiger charge is 2.43. The molecule has 2 bridgehead atoms. The zero-order valence-electron chi connectivity index (χ0n) is 10.6. The highest BCUT2D eigenvalue weighted by molar-refractivity contribution is 8.00. The average molecular weight is 277 g/mol. The van der Waals surface area contributed by atoms with Gasteiger partial charge in [0.15, 0.2) is 0 Å². The Morgan fingerprint density at radius 3 is 2.58 bits per heavy atom. The second kappa shape index (κ2) is 4.81. The molecule has 1 aromatic rings. The third-order valence-corrected chi connectivity index (χ3v) is 5.74. The third-order valence-electron chi connectivity index (χ3n) is 4.17. The van der Waals surface area contributed by atoms with Gasteiger partial charge in [0, 0.05) is 16.1 Å². The predicted molar refractivity (Wildman–Crippen MR) is 73.3 cm³/mol. The van der Waals surface area contributed by atoms with Crippen molar-refractivity contribution in [2.24, 2.45) is 0 Å². The lowest BCUT2D eigenvalue weighted by Crippen LogP contribution is -2.41. The van der Waals surface area contributed by atoms with Crippen LogP contribution in [0.2, 0.25) is 0 Å². The van der Waals surface area contributed by atoms with Gasteiger partial charge in [-0.15, -0.1) is 0 Å². The summed E-state index contributed by atoms with van der Waals surface area (Å²) < 4.78 is 14.1. The van der Waals surface area contributed by atoms with Crippen LogP contribution in [0.4, 0.5) is 4.39 Å². The van der Waals surface area contributed by atoms with Crippen LogP contribution in [0.15, 0.2) is 18.2 Å². The van der Waals surface area contributed by atoms with E-state index in [1.54, 1.807) is 12.1 Å². The Hall–Kier alpha value is -1.05. The minimum atomic E-state index is -1.06. The van der Waals surface area contributed by atoms with Gasteiger partial charge in [-0.2, -0.15) is 17.0 Å². The Bertz CT molecular complexity index is 527. The summed E-state index contributed by atoms with van der Waals surface area (Å²) in [5.74, 6) is -0.452. The molecule has 19 heavy (non-hydrogen) atoms. The van der Waals surface area contributed by atoms with E-state index in [1.807, 2.05) is 17.8 Å². The van der Waals surface area contributed by atoms with Crippen molar-refractivity contribution in [2.75, 3.05) is 0 Å². The fourth-order valence-corrected chi connectivity index (χ4v) is 5.19. The number of hydrogen-bond acceptors (Lipinski definition) is 3. The summed E-state index contributed by atoms with van der Waals surface area (Å²) in [6, 6.07) is 6.33. The maximum Gasteiger partial charge on any atom is 0.130 e. The largest absolute Gasteiger partial charge is 0.385 e. The smallest absolute Gasteiger partial charge is 0.130 e. The van der Waals surface area contributed by atoms with Gasteiger partial charge in [-0.3, -0.25) is 0 Å². The number of nitriles is 1. The Balaban J connectivity index is 1.94. The lowest BCUT2D eigenvalue weighted by molar-refractivity contribution is 0.00493. The van der Waals surface area contributed by atoms with Crippen LogP contribution in [0, 0.1) is 17.1 Å². The van der Waals surface area contributed by atoms with Crippen LogP contribution in [0.1, 0.15) is 43.2 Å². The molecule has 2 heterocycles. The quantitative estimate of drug-likeness (QED) is 0.856. The molecule has 2 nitrogen and oxygen atoms in total. The van der Waals surface area contributed by atoms with Crippen molar-refractivity contribution in [3.8, 4) is 6.07 Å². The molecule has 0 spiro atoms. The first-order valence-electron chi connectivity index (χ1n) is 6.69. The van der Waals surface area contributed by atoms with Gasteiger partial charge < -0.3 is 5.11 Å². The molecule has 3 rings (SSSR count). The van der Waals surface area contributed by atoms with E-state index in [0.717, 1.165) is 12.8 Å². The van der Waals surface area contributed by atoms with E-state index in [-0.39, 0.29) is 0 Å². The van der Waals surface area contributed by atoms with Gasteiger partial charge in [-0.05, 0) is 37.8 Å². The highest BCUT2D eigenvalue weighted by Crippen LogP contribution is 2.49. The fraction of sp³-hybridized carbons (Fsp3) is 0.533. The van der Waals surface area contributed by atoms with Gasteiger partial charge in [0.2, 0.25) is 0 Å². The molecule has 2 aliphatic heterocycles. The second-order valence-electron chi connectivity index (χ2n) is 5.56. The minimum absolute atomic E-state index is 0.301. The Morgan fingerprint density at radius 1 is 1.32 bits per heavy atom. The maximum absolute atomic E-state index is 14.1. The van der Waals surface area contributed by atoms with Crippen molar-refractivity contribution in [2.45, 2.75) is 48.2 Å². The van der Waals surface area contributed by atoms with Gasteiger partial charge in [-0.25, -0.2) is 4.39 Å². The first-order chi connectivity index (χ1) is 9.10. The Labute approximate surface area is 116 Å². The molecule has 1 N–H and O–H groups in total. The Morgan fingerprint density at radius 2 is 2.00 bits per heavy atom. The second-order valence-corrected chi connectivity index (χ2v) is 7.16. The van der Waals surface area contributed by atoms with E-state index < -0.39 is 11.4 Å². The van der Waals surface area contributed by atoms with Crippen LogP contribution in [0.3, 0.4) is 0 Å². The van der Waals surface area contributed by atoms with Crippen molar-refractivity contribution in [3.63, 3.8) is 0 Å². The van der Waals surface area contributed by atoms with E-state index in [1.165, 1.54) is 12.5 Å². The summed E-state index contributed by atoms with van der Waals surface area (Å²) in [5.41, 5.74) is -0.391. The third kappa shape index (κ3) is 2.37. The van der Waals surface area contributed by atoms with E-state index in [2.05, 4.69) is 0 Å². The zero-order valence-corrected chi connectivity index (χ0v) is 11.4. The van der Waals surface area contributed by atoms with Crippen molar-refractivity contribution in [1.82, 2.24) is 0 Å². The summed E-state index contributed by atoms with van der Waals surface area (Å²) >= 11 is 1.95. The minimum Gasteiger partial charge on any atom is -0.385 e. The summed E-state index contributed by atoms with van der Waals surface area (Å²) in [7, 11) is 0. The number of nitrogens with zero attached hydrogens (tertiary/aromatic N) is 1. The topological polar surface area (TPSA) is 44.0 Å². The van der Waals surface area contributed by atoms with E-state index in [4.69, 9.17) is 5.26 Å². The van der Waals surface area contributed by atoms with Crippen molar-refractivity contribution < 1.29 is 9.50 Å². The lowest BCUT2D eigenvalue weighted by Gasteiger charge is -2.44. The van der Waals surface area contributed by atoms with Crippen molar-refractivity contribution in [1.29, 1.82) is 5.26 Å². The van der Waals surface area contributed by atoms with Gasteiger partial charge >= 0.3 is 0 Å². The monoisotopic (exact) mass is 277 g/mol. The first-order valence-corrected chi connectivity index (χ1v) is 7.63. The molecule has 0 aromatic heterocycles. The number of aliphatic hydroxyl groups is 1. The first kappa shape index (κ1) is 13.0. The lowest BCUT2D eigenvalue weighted by atomic mass is 9.80. The van der Waals surface area contributed by atoms with Gasteiger partial charge in [0.25, 0.3) is 0 Å². The molecular formula is C15H16FNOS. The van der Waals surface area contributed by atoms with Crippen LogP contribution in [0.25, 0.3) is 0 Å². The van der Waals surface area contributed by atoms with Crippen LogP contribution >= 0.6 is 11.8 Å². The van der Waals surface area contributed by atoms with E-state index in [9.17, 15) is 9.50 Å². The molecule has 2 unspecified atom stereocenters. The predicted octanol–water partition coefficient (Wildman–Crippen LogP) is 3.33.